The van der Waals surface area contributed by atoms with Crippen LogP contribution in [0.15, 0.2) is 206 Å². The zero-order valence-electron chi connectivity index (χ0n) is 75.8. The summed E-state index contributed by atoms with van der Waals surface area (Å²) in [5, 5.41) is 61.0. The highest BCUT2D eigenvalue weighted by atomic mass is 35.5. The van der Waals surface area contributed by atoms with E-state index in [9.17, 15) is 67.5 Å². The molecule has 17 rings (SSSR count). The summed E-state index contributed by atoms with van der Waals surface area (Å²) in [7, 11) is 0. The average Bonchev–Trinajstić information content (AvgIpc) is 1.61. The first-order chi connectivity index (χ1) is 65.0. The fourth-order valence-corrected chi connectivity index (χ4v) is 13.4. The largest absolute Gasteiger partial charge is 0.506 e. The van der Waals surface area contributed by atoms with Gasteiger partial charge in [0, 0.05) is 46.2 Å². The van der Waals surface area contributed by atoms with Crippen molar-refractivity contribution in [2.24, 2.45) is 10.9 Å². The van der Waals surface area contributed by atoms with Gasteiger partial charge in [-0.05, 0) is 283 Å². The first-order valence-electron chi connectivity index (χ1n) is 41.6. The van der Waals surface area contributed by atoms with Crippen molar-refractivity contribution in [2.75, 3.05) is 21.1 Å². The predicted octanol–water partition coefficient (Wildman–Crippen LogP) is 20.0. The number of halogens is 14. The molecule has 0 aliphatic carbocycles. The van der Waals surface area contributed by atoms with E-state index in [1.807, 2.05) is 88.8 Å². The number of carbonyl (C=O) groups is 4. The minimum atomic E-state index is -4.71. The first-order valence-corrected chi connectivity index (χ1v) is 42.4. The van der Waals surface area contributed by atoms with Crippen LogP contribution in [-0.4, -0.2) is 137 Å². The van der Waals surface area contributed by atoms with Gasteiger partial charge < -0.3 is 36.1 Å². The van der Waals surface area contributed by atoms with Crippen LogP contribution in [-0.2, 0) is 54.5 Å². The Morgan fingerprint density at radius 1 is 0.507 bits per heavy atom. The normalized spacial score (nSPS) is 12.7. The van der Waals surface area contributed by atoms with Crippen LogP contribution < -0.4 is 26.9 Å². The lowest BCUT2D eigenvalue weighted by Gasteiger charge is -2.33. The van der Waals surface area contributed by atoms with Crippen molar-refractivity contribution in [1.82, 2.24) is 73.8 Å². The molecule has 138 heavy (non-hydrogen) atoms. The highest BCUT2D eigenvalue weighted by molar-refractivity contribution is 6.32. The van der Waals surface area contributed by atoms with E-state index in [0.29, 0.717) is 58.3 Å². The number of nitrogens with one attached hydrogen (secondary N) is 3. The molecule has 2 unspecified atom stereocenters. The molecule has 0 saturated heterocycles. The van der Waals surface area contributed by atoms with Crippen LogP contribution in [0.3, 0.4) is 0 Å². The number of pyridine rings is 5. The molecule has 29 nitrogen and oxygen atoms in total. The number of aromatic hydroxyl groups is 2. The maximum atomic E-state index is 13.3. The Balaban J connectivity index is 0.000000196. The van der Waals surface area contributed by atoms with Gasteiger partial charge in [0.1, 0.15) is 76.3 Å². The van der Waals surface area contributed by atoms with Crippen LogP contribution in [0, 0.1) is 91.4 Å². The number of hydrogen-bond donors (Lipinski definition) is 8. The Labute approximate surface area is 800 Å². The summed E-state index contributed by atoms with van der Waals surface area (Å²) in [4.78, 5) is 65.8. The maximum Gasteiger partial charge on any atom is 0.436 e. The van der Waals surface area contributed by atoms with E-state index in [-0.39, 0.29) is 82.7 Å². The lowest BCUT2D eigenvalue weighted by atomic mass is 10.0. The number of rotatable bonds is 14. The van der Waals surface area contributed by atoms with E-state index in [1.54, 1.807) is 108 Å². The summed E-state index contributed by atoms with van der Waals surface area (Å²) in [5.41, 5.74) is 20.1. The number of nitrogens with zero attached hydrogens (tertiary/aromatic N) is 17. The third-order valence-corrected chi connectivity index (χ3v) is 21.0. The number of aryl methyl sites for hydroxylation is 7. The number of nitrogens with two attached hydrogens (primary N) is 1. The Morgan fingerprint density at radius 2 is 0.920 bits per heavy atom. The SMILES string of the molecule is CC1CCc2c(cnn2-c2ccc(F)cc2)N1.Cc1c(Cl)c(C(F)(F)F)nn1CC(=O)N1c2cnn(-c3ccc(F)cc3)c2CCC1C.Cc1c(Cl)c(C(F)(F)F)nn1CC(=O)O.Cc1ccc(C)c(/C=N/Nc2ccc(F)cc2)n1.Cc1ccc(C)c(C=O)n1.Cc1ccc(O)c(C=O)n1.Cc1ccc(O)c(CO)n1.Cc1ccc2c(cnn2-c2ccc(F)cc2)n1.Cl.NNc1ccc(F)cc1. The van der Waals surface area contributed by atoms with E-state index in [1.165, 1.54) is 103 Å². The molecule has 0 radical (unpaired) electrons. The summed E-state index contributed by atoms with van der Waals surface area (Å²) >= 11 is 11.2. The fraction of sp³-hybridized carbons (Fsp3) is 0.232. The molecule has 2 aliphatic rings. The number of carboxylic acid groups (broad SMARTS) is 1. The monoisotopic (exact) mass is 1970 g/mol. The van der Waals surface area contributed by atoms with Crippen LogP contribution in [0.1, 0.15) is 133 Å². The lowest BCUT2D eigenvalue weighted by Crippen LogP contribution is -2.44. The number of benzene rings is 5. The second kappa shape index (κ2) is 50.1. The smallest absolute Gasteiger partial charge is 0.436 e. The number of aliphatic hydroxyl groups is 1. The summed E-state index contributed by atoms with van der Waals surface area (Å²) in [6, 6.07) is 48.6. The zero-order chi connectivity index (χ0) is 100. The van der Waals surface area contributed by atoms with Gasteiger partial charge in [0.05, 0.1) is 110 Å². The zero-order valence-corrected chi connectivity index (χ0v) is 78.1. The van der Waals surface area contributed by atoms with Crippen molar-refractivity contribution in [1.29, 1.82) is 0 Å². The number of anilines is 4. The number of aliphatic hydroxyl groups excluding tert-OH is 1. The van der Waals surface area contributed by atoms with Gasteiger partial charge in [0.25, 0.3) is 0 Å². The van der Waals surface area contributed by atoms with Crippen LogP contribution in [0.4, 0.5) is 71.0 Å². The number of carbonyl (C=O) groups excluding carboxylic acids is 3. The molecule has 9 N–H and O–H groups in total. The van der Waals surface area contributed by atoms with Gasteiger partial charge in [-0.25, -0.2) is 46.0 Å². The quantitative estimate of drug-likeness (QED) is 0.0165. The third kappa shape index (κ3) is 30.6. The minimum Gasteiger partial charge on any atom is -0.506 e. The number of aromatic nitrogens is 15. The number of fused-ring (bicyclic) bond motifs is 3. The van der Waals surface area contributed by atoms with Crippen molar-refractivity contribution in [2.45, 2.75) is 146 Å². The van der Waals surface area contributed by atoms with E-state index >= 15 is 0 Å². The number of aldehydes is 2. The number of amides is 1. The summed E-state index contributed by atoms with van der Waals surface area (Å²) in [6.07, 6.45) is 2.05. The molecule has 1 amide bonds. The molecule has 2 atom stereocenters. The molecule has 726 valence electrons. The highest BCUT2D eigenvalue weighted by Gasteiger charge is 2.40. The molecular formula is C95H95Cl3F11N21O8. The summed E-state index contributed by atoms with van der Waals surface area (Å²) in [5.74, 6) is 1.93. The fourth-order valence-electron chi connectivity index (χ4n) is 12.9. The predicted molar refractivity (Wildman–Crippen MR) is 503 cm³/mol. The van der Waals surface area contributed by atoms with Crippen molar-refractivity contribution in [3.05, 3.63) is 336 Å². The van der Waals surface area contributed by atoms with E-state index < -0.39 is 58.8 Å². The summed E-state index contributed by atoms with van der Waals surface area (Å²) in [6.45, 7) is 18.6. The van der Waals surface area contributed by atoms with Crippen LogP contribution >= 0.6 is 35.6 Å². The number of carboxylic acids is 1. The standard InChI is InChI=1S/C20H18ClF4N5O.C14H14FN3.C13H14FN3.C13H10FN3.C8H9NO.C7H6ClF3N2O2.C7H9NO2.C7H7NO2.C6H7FN2.ClH/c1-11-3-8-15-16(9-26-30(15)14-6-4-13(22)5-7-14)29(11)17(31)10-28-12(2)18(21)19(27-28)20(23,24)25;1-10-3-4-11(2)17-14(10)9-16-18-13-7-5-12(15)6-8-13;2*1-9-2-7-13-12(16-9)8-15-17(13)11-5-3-10(14)4-6-11;1-6-3-4-7(2)9-8(6)5-10;1-3-5(8)6(7(9,10)11)12-13(3)2-4(14)15;2*1-5-2-3-7(10)6(4-9)8-5;7-5-1-3-6(9-8)4-2-5;/h4-7,9,11H,3,8,10H2,1-2H3;3-9,18H,1-2H3;3-6,8-9,16H,2,7H2,1H3;2-8H,1H3;3-5H,1-2H3;2H2,1H3,(H,14,15);2-3,9-10H,4H2,1H3;2-4,10H,1H3;1-4,9H,8H2;1H/b;16-9+;;;;;;;;. The van der Waals surface area contributed by atoms with Crippen LogP contribution in [0.5, 0.6) is 11.5 Å². The van der Waals surface area contributed by atoms with Gasteiger partial charge >= 0.3 is 18.3 Å². The van der Waals surface area contributed by atoms with Crippen molar-refractivity contribution < 1.29 is 87.9 Å². The van der Waals surface area contributed by atoms with Gasteiger partial charge in [-0.15, -0.1) is 12.4 Å². The maximum absolute atomic E-state index is 13.3. The van der Waals surface area contributed by atoms with Crippen molar-refractivity contribution in [3.63, 3.8) is 0 Å². The lowest BCUT2D eigenvalue weighted by molar-refractivity contribution is -0.143. The Bertz CT molecular complexity index is 6590. The molecule has 0 fully saturated rings. The second-order valence-electron chi connectivity index (χ2n) is 30.6. The van der Waals surface area contributed by atoms with Crippen LogP contribution in [0.25, 0.3) is 28.1 Å². The Hall–Kier alpha value is -14.9. The Morgan fingerprint density at radius 3 is 1.38 bits per heavy atom. The molecule has 12 heterocycles. The number of nitrogen functional groups attached to an aromatic ring is 1. The number of aliphatic carboxylic acids is 1. The number of hydrazine groups is 1. The number of hydrogen-bond acceptors (Lipinski definition) is 22. The van der Waals surface area contributed by atoms with Crippen molar-refractivity contribution >= 4 is 100 Å². The van der Waals surface area contributed by atoms with Crippen molar-refractivity contribution in [3.8, 4) is 28.6 Å². The van der Waals surface area contributed by atoms with Gasteiger partial charge in [-0.3, -0.25) is 54.8 Å². The average molecular weight is 1970 g/mol. The molecular weight excluding hydrogens is 1880 g/mol. The van der Waals surface area contributed by atoms with E-state index in [0.717, 1.165) is 109 Å². The van der Waals surface area contributed by atoms with Gasteiger partial charge in [-0.2, -0.15) is 56.9 Å². The van der Waals surface area contributed by atoms with E-state index in [4.69, 9.17) is 49.5 Å². The third-order valence-electron chi connectivity index (χ3n) is 20.1. The highest BCUT2D eigenvalue weighted by Crippen LogP contribution is 2.39. The second-order valence-corrected chi connectivity index (χ2v) is 31.3. The number of hydrazone groups is 1. The molecule has 0 bridgehead atoms. The molecule has 43 heteroatoms. The van der Waals surface area contributed by atoms with Crippen LogP contribution in [0.2, 0.25) is 10.0 Å². The molecule has 10 aromatic heterocycles. The minimum absolute atomic E-state index is 0. The topological polar surface area (TPSA) is 380 Å². The molecule has 0 saturated carbocycles. The van der Waals surface area contributed by atoms with Gasteiger partial charge in [0.2, 0.25) is 5.91 Å². The molecule has 2 aliphatic heterocycles. The van der Waals surface area contributed by atoms with Gasteiger partial charge in [-0.1, -0.05) is 35.3 Å². The van der Waals surface area contributed by atoms with E-state index in [2.05, 4.69) is 78.6 Å². The molecule has 0 spiro atoms. The Kier molecular flexibility index (Phi) is 39.4. The van der Waals surface area contributed by atoms with Gasteiger partial charge in [0.15, 0.2) is 24.0 Å². The molecule has 15 aromatic rings. The first kappa shape index (κ1) is 108. The molecule has 5 aromatic carbocycles. The summed E-state index contributed by atoms with van der Waals surface area (Å²) < 4.78 is 147. The number of alkyl halides is 6.